The van der Waals surface area contributed by atoms with Crippen LogP contribution in [-0.4, -0.2) is 33.9 Å². The number of aryl methyl sites for hydroxylation is 2. The molecule has 3 N–H and O–H groups in total. The zero-order chi connectivity index (χ0) is 17.1. The van der Waals surface area contributed by atoms with E-state index in [-0.39, 0.29) is 12.2 Å². The van der Waals surface area contributed by atoms with Gasteiger partial charge in [0.15, 0.2) is 0 Å². The topological polar surface area (TPSA) is 95.9 Å². The number of phenols is 1. The van der Waals surface area contributed by atoms with E-state index < -0.39 is 23.7 Å². The summed E-state index contributed by atoms with van der Waals surface area (Å²) < 4.78 is 5.06. The summed E-state index contributed by atoms with van der Waals surface area (Å²) in [5.74, 6) is -1.17. The van der Waals surface area contributed by atoms with E-state index in [1.165, 1.54) is 0 Å². The number of rotatable bonds is 4. The van der Waals surface area contributed by atoms with Crippen LogP contribution in [0.2, 0.25) is 0 Å². The third kappa shape index (κ3) is 5.27. The van der Waals surface area contributed by atoms with Crippen molar-refractivity contribution in [1.29, 1.82) is 0 Å². The van der Waals surface area contributed by atoms with Crippen molar-refractivity contribution in [2.75, 3.05) is 0 Å². The highest BCUT2D eigenvalue weighted by Gasteiger charge is 2.25. The third-order valence-electron chi connectivity index (χ3n) is 2.99. The van der Waals surface area contributed by atoms with E-state index >= 15 is 0 Å². The molecule has 1 aromatic rings. The molecule has 1 rings (SSSR count). The molecule has 122 valence electrons. The number of hydrogen-bond donors (Lipinski definition) is 3. The summed E-state index contributed by atoms with van der Waals surface area (Å²) in [5.41, 5.74) is 1.43. The van der Waals surface area contributed by atoms with Gasteiger partial charge in [0.25, 0.3) is 0 Å². The zero-order valence-electron chi connectivity index (χ0n) is 13.6. The lowest BCUT2D eigenvalue weighted by Gasteiger charge is -2.22. The van der Waals surface area contributed by atoms with Crippen LogP contribution >= 0.6 is 0 Å². The second-order valence-corrected chi connectivity index (χ2v) is 6.32. The molecule has 0 aliphatic carbocycles. The molecule has 1 atom stereocenters. The molecule has 0 aliphatic rings. The maximum atomic E-state index is 11.7. The highest BCUT2D eigenvalue weighted by Crippen LogP contribution is 2.24. The first-order valence-electron chi connectivity index (χ1n) is 7.01. The Morgan fingerprint density at radius 1 is 1.27 bits per heavy atom. The number of hydrogen-bond acceptors (Lipinski definition) is 4. The van der Waals surface area contributed by atoms with E-state index in [2.05, 4.69) is 5.32 Å². The van der Waals surface area contributed by atoms with Gasteiger partial charge in [-0.3, -0.25) is 0 Å². The lowest BCUT2D eigenvalue weighted by molar-refractivity contribution is -0.139. The number of carboxylic acid groups (broad SMARTS) is 1. The van der Waals surface area contributed by atoms with Crippen LogP contribution in [0.4, 0.5) is 4.79 Å². The monoisotopic (exact) mass is 309 g/mol. The quantitative estimate of drug-likeness (QED) is 0.794. The molecule has 1 amide bonds. The molecule has 6 nitrogen and oxygen atoms in total. The Hall–Kier alpha value is -2.24. The normalized spacial score (nSPS) is 12.6. The molecular formula is C16H23NO5. The summed E-state index contributed by atoms with van der Waals surface area (Å²) in [6.45, 7) is 8.70. The van der Waals surface area contributed by atoms with Crippen molar-refractivity contribution >= 4 is 12.1 Å². The molecule has 0 bridgehead atoms. The second-order valence-electron chi connectivity index (χ2n) is 6.32. The first-order valence-corrected chi connectivity index (χ1v) is 7.01. The first-order chi connectivity index (χ1) is 9.99. The van der Waals surface area contributed by atoms with Crippen LogP contribution in [0.3, 0.4) is 0 Å². The number of nitrogens with one attached hydrogen (secondary N) is 1. The van der Waals surface area contributed by atoms with Crippen molar-refractivity contribution in [3.63, 3.8) is 0 Å². The minimum Gasteiger partial charge on any atom is -0.508 e. The summed E-state index contributed by atoms with van der Waals surface area (Å²) in [7, 11) is 0. The number of carbonyl (C=O) groups is 2. The Kier molecular flexibility index (Phi) is 5.41. The molecule has 1 unspecified atom stereocenters. The number of ether oxygens (including phenoxy) is 1. The van der Waals surface area contributed by atoms with Gasteiger partial charge in [-0.25, -0.2) is 9.59 Å². The molecule has 0 spiro atoms. The fourth-order valence-corrected chi connectivity index (χ4v) is 2.09. The van der Waals surface area contributed by atoms with E-state index in [0.717, 1.165) is 11.1 Å². The first kappa shape index (κ1) is 17.8. The minimum atomic E-state index is -1.19. The third-order valence-corrected chi connectivity index (χ3v) is 2.99. The van der Waals surface area contributed by atoms with Crippen LogP contribution in [0.1, 0.15) is 37.5 Å². The van der Waals surface area contributed by atoms with Crippen LogP contribution < -0.4 is 5.32 Å². The van der Waals surface area contributed by atoms with Gasteiger partial charge in [-0.1, -0.05) is 6.07 Å². The minimum absolute atomic E-state index is 0.0213. The maximum absolute atomic E-state index is 11.7. The van der Waals surface area contributed by atoms with Gasteiger partial charge >= 0.3 is 12.1 Å². The molecule has 0 heterocycles. The van der Waals surface area contributed by atoms with Gasteiger partial charge in [0.1, 0.15) is 17.4 Å². The van der Waals surface area contributed by atoms with Crippen molar-refractivity contribution in [2.45, 2.75) is 52.7 Å². The molecular weight excluding hydrogens is 286 g/mol. The molecule has 1 aromatic carbocycles. The summed E-state index contributed by atoms with van der Waals surface area (Å²) in [4.78, 5) is 23.1. The van der Waals surface area contributed by atoms with Gasteiger partial charge < -0.3 is 20.3 Å². The van der Waals surface area contributed by atoms with Crippen molar-refractivity contribution in [1.82, 2.24) is 5.32 Å². The molecule has 6 heteroatoms. The molecule has 0 saturated carbocycles. The largest absolute Gasteiger partial charge is 0.508 e. The Balaban J connectivity index is 2.90. The highest BCUT2D eigenvalue weighted by atomic mass is 16.6. The number of carbonyl (C=O) groups excluding carboxylic acids is 1. The van der Waals surface area contributed by atoms with Gasteiger partial charge in [0.05, 0.1) is 0 Å². The molecule has 0 radical (unpaired) electrons. The lowest BCUT2D eigenvalue weighted by atomic mass is 9.98. The molecule has 0 aliphatic heterocycles. The molecule has 0 fully saturated rings. The predicted molar refractivity (Wildman–Crippen MR) is 82.1 cm³/mol. The number of aromatic hydroxyl groups is 1. The molecule has 0 aromatic heterocycles. The van der Waals surface area contributed by atoms with Crippen LogP contribution in [0.25, 0.3) is 0 Å². The fraction of sp³-hybridized carbons (Fsp3) is 0.500. The average Bonchev–Trinajstić information content (AvgIpc) is 2.29. The number of aliphatic carboxylic acids is 1. The Bertz CT molecular complexity index is 551. The number of carboxylic acids is 1. The van der Waals surface area contributed by atoms with Crippen molar-refractivity contribution < 1.29 is 24.5 Å². The zero-order valence-corrected chi connectivity index (χ0v) is 13.6. The van der Waals surface area contributed by atoms with E-state index in [4.69, 9.17) is 4.74 Å². The number of amides is 1. The van der Waals surface area contributed by atoms with Crippen molar-refractivity contribution in [2.24, 2.45) is 0 Å². The summed E-state index contributed by atoms with van der Waals surface area (Å²) in [6, 6.07) is 2.23. The Labute approximate surface area is 130 Å². The van der Waals surface area contributed by atoms with Gasteiger partial charge in [0, 0.05) is 6.42 Å². The van der Waals surface area contributed by atoms with Crippen LogP contribution in [0.5, 0.6) is 5.75 Å². The van der Waals surface area contributed by atoms with Crippen LogP contribution in [0, 0.1) is 13.8 Å². The second kappa shape index (κ2) is 6.68. The van der Waals surface area contributed by atoms with E-state index in [0.29, 0.717) is 5.56 Å². The maximum Gasteiger partial charge on any atom is 0.408 e. The van der Waals surface area contributed by atoms with Gasteiger partial charge in [-0.15, -0.1) is 0 Å². The number of phenolic OH excluding ortho intramolecular Hbond substituents is 1. The summed E-state index contributed by atoms with van der Waals surface area (Å²) >= 11 is 0. The van der Waals surface area contributed by atoms with Crippen molar-refractivity contribution in [3.8, 4) is 5.75 Å². The van der Waals surface area contributed by atoms with Crippen molar-refractivity contribution in [3.05, 3.63) is 28.8 Å². The SMILES string of the molecule is Cc1cc(C)c(CC(NC(=O)OC(C)(C)C)C(=O)O)c(O)c1. The average molecular weight is 309 g/mol. The van der Waals surface area contributed by atoms with Crippen LogP contribution in [-0.2, 0) is 16.0 Å². The standard InChI is InChI=1S/C16H23NO5/c1-9-6-10(2)11(13(18)7-9)8-12(14(19)20)17-15(21)22-16(3,4)5/h6-7,12,18H,8H2,1-5H3,(H,17,21)(H,19,20). The van der Waals surface area contributed by atoms with Gasteiger partial charge in [-0.2, -0.15) is 0 Å². The smallest absolute Gasteiger partial charge is 0.408 e. The Morgan fingerprint density at radius 3 is 2.32 bits per heavy atom. The van der Waals surface area contributed by atoms with Gasteiger partial charge in [0.2, 0.25) is 0 Å². The lowest BCUT2D eigenvalue weighted by Crippen LogP contribution is -2.44. The number of benzene rings is 1. The van der Waals surface area contributed by atoms with Gasteiger partial charge in [-0.05, 0) is 57.4 Å². The van der Waals surface area contributed by atoms with E-state index in [9.17, 15) is 19.8 Å². The summed E-state index contributed by atoms with van der Waals surface area (Å²) in [6.07, 6.45) is -0.823. The fourth-order valence-electron chi connectivity index (χ4n) is 2.09. The Morgan fingerprint density at radius 2 is 1.86 bits per heavy atom. The van der Waals surface area contributed by atoms with E-state index in [1.807, 2.05) is 13.0 Å². The molecule has 0 saturated heterocycles. The predicted octanol–water partition coefficient (Wildman–Crippen LogP) is 2.53. The number of alkyl carbamates (subject to hydrolysis) is 1. The highest BCUT2D eigenvalue weighted by molar-refractivity contribution is 5.80. The van der Waals surface area contributed by atoms with E-state index in [1.54, 1.807) is 33.8 Å². The summed E-state index contributed by atoms with van der Waals surface area (Å²) in [5, 5.41) is 21.6. The van der Waals surface area contributed by atoms with Crippen LogP contribution in [0.15, 0.2) is 12.1 Å². The molecule has 22 heavy (non-hydrogen) atoms.